The Bertz CT molecular complexity index is 2060. The van der Waals surface area contributed by atoms with Crippen LogP contribution in [-0.2, 0) is 10.8 Å². The van der Waals surface area contributed by atoms with Gasteiger partial charge >= 0.3 is 0 Å². The summed E-state index contributed by atoms with van der Waals surface area (Å²) in [7, 11) is 0. The van der Waals surface area contributed by atoms with Crippen LogP contribution in [0, 0.1) is 17.8 Å². The SMILES string of the molecule is c1ccc(C2(c3ccc(N(c4ccc(C56CC7CC(CC(C7)C5)C6)cc4)c4ccc5c(c4)oc4ccccc45)cc3)CCCCCC2)cc1. The Morgan fingerprint density at radius 2 is 1.00 bits per heavy atom. The molecule has 0 radical (unpaired) electrons. The van der Waals surface area contributed by atoms with Crippen molar-refractivity contribution in [2.75, 3.05) is 4.90 Å². The molecule has 6 aromatic rings. The molecule has 0 N–H and O–H groups in total. The van der Waals surface area contributed by atoms with E-state index in [4.69, 9.17) is 4.42 Å². The number of hydrogen-bond donors (Lipinski definition) is 0. The van der Waals surface area contributed by atoms with Gasteiger partial charge in [-0.15, -0.1) is 0 Å². The predicted octanol–water partition coefficient (Wildman–Crippen LogP) is 13.2. The quantitative estimate of drug-likeness (QED) is 0.168. The van der Waals surface area contributed by atoms with Crippen LogP contribution in [0.1, 0.15) is 93.7 Å². The van der Waals surface area contributed by atoms with Gasteiger partial charge in [-0.05, 0) is 134 Å². The minimum atomic E-state index is 0.0772. The number of para-hydroxylation sites is 1. The highest BCUT2D eigenvalue weighted by Gasteiger charge is 2.51. The molecule has 11 rings (SSSR count). The van der Waals surface area contributed by atoms with Crippen LogP contribution in [0.4, 0.5) is 17.1 Å². The van der Waals surface area contributed by atoms with E-state index in [0.29, 0.717) is 5.41 Å². The first kappa shape index (κ1) is 29.6. The fourth-order valence-corrected chi connectivity index (χ4v) is 11.5. The van der Waals surface area contributed by atoms with Crippen molar-refractivity contribution in [3.63, 3.8) is 0 Å². The van der Waals surface area contributed by atoms with Gasteiger partial charge in [0, 0.05) is 39.3 Å². The number of benzene rings is 5. The number of rotatable bonds is 6. The summed E-state index contributed by atoms with van der Waals surface area (Å²) in [6.45, 7) is 0. The first-order valence-electron chi connectivity index (χ1n) is 19.1. The maximum atomic E-state index is 6.42. The second kappa shape index (κ2) is 11.7. The zero-order valence-corrected chi connectivity index (χ0v) is 28.6. The van der Waals surface area contributed by atoms with Crippen molar-refractivity contribution in [3.8, 4) is 0 Å². The third-order valence-corrected chi connectivity index (χ3v) is 13.4. The summed E-state index contributed by atoms with van der Waals surface area (Å²) in [5.41, 5.74) is 10.4. The van der Waals surface area contributed by atoms with Crippen molar-refractivity contribution < 1.29 is 4.42 Å². The molecular formula is C47H47NO. The lowest BCUT2D eigenvalue weighted by molar-refractivity contribution is -0.00518. The summed E-state index contributed by atoms with van der Waals surface area (Å²) in [5.74, 6) is 2.84. The average molecular weight is 642 g/mol. The molecule has 0 saturated heterocycles. The second-order valence-electron chi connectivity index (χ2n) is 16.3. The average Bonchev–Trinajstić information content (AvgIpc) is 3.31. The van der Waals surface area contributed by atoms with E-state index in [1.807, 2.05) is 0 Å². The summed E-state index contributed by atoms with van der Waals surface area (Å²) in [4.78, 5) is 2.45. The minimum absolute atomic E-state index is 0.0772. The Labute approximate surface area is 291 Å². The summed E-state index contributed by atoms with van der Waals surface area (Å²) in [5, 5.41) is 2.35. The fraction of sp³-hybridized carbons (Fsp3) is 0.362. The highest BCUT2D eigenvalue weighted by molar-refractivity contribution is 6.06. The summed E-state index contributed by atoms with van der Waals surface area (Å²) in [6.07, 6.45) is 16.3. The van der Waals surface area contributed by atoms with Crippen LogP contribution in [0.5, 0.6) is 0 Å². The van der Waals surface area contributed by atoms with Gasteiger partial charge in [0.15, 0.2) is 0 Å². The van der Waals surface area contributed by atoms with Gasteiger partial charge in [0.1, 0.15) is 11.2 Å². The third kappa shape index (κ3) is 4.97. The molecule has 2 nitrogen and oxygen atoms in total. The molecule has 0 aliphatic heterocycles. The molecule has 1 heterocycles. The summed E-state index contributed by atoms with van der Waals surface area (Å²) < 4.78 is 6.42. The van der Waals surface area contributed by atoms with E-state index in [1.54, 1.807) is 5.56 Å². The monoisotopic (exact) mass is 641 g/mol. The highest BCUT2D eigenvalue weighted by Crippen LogP contribution is 2.61. The van der Waals surface area contributed by atoms with E-state index in [0.717, 1.165) is 34.6 Å². The highest BCUT2D eigenvalue weighted by atomic mass is 16.3. The van der Waals surface area contributed by atoms with Crippen LogP contribution in [-0.4, -0.2) is 0 Å². The van der Waals surface area contributed by atoms with Crippen LogP contribution < -0.4 is 4.90 Å². The van der Waals surface area contributed by atoms with Crippen molar-refractivity contribution in [1.29, 1.82) is 0 Å². The normalized spacial score (nSPS) is 25.8. The molecule has 0 unspecified atom stereocenters. The van der Waals surface area contributed by atoms with Crippen molar-refractivity contribution >= 4 is 39.0 Å². The third-order valence-electron chi connectivity index (χ3n) is 13.4. The Balaban J connectivity index is 1.06. The van der Waals surface area contributed by atoms with E-state index in [1.165, 1.54) is 110 Å². The van der Waals surface area contributed by atoms with Gasteiger partial charge < -0.3 is 9.32 Å². The lowest BCUT2D eigenvalue weighted by Crippen LogP contribution is -2.48. The zero-order chi connectivity index (χ0) is 32.4. The lowest BCUT2D eigenvalue weighted by atomic mass is 9.48. The van der Waals surface area contributed by atoms with Gasteiger partial charge in [-0.1, -0.05) is 98.5 Å². The van der Waals surface area contributed by atoms with Gasteiger partial charge in [-0.2, -0.15) is 0 Å². The molecule has 0 atom stereocenters. The molecule has 5 aromatic carbocycles. The topological polar surface area (TPSA) is 16.4 Å². The van der Waals surface area contributed by atoms with Crippen LogP contribution in [0.2, 0.25) is 0 Å². The number of hydrogen-bond acceptors (Lipinski definition) is 2. The Morgan fingerprint density at radius 1 is 0.469 bits per heavy atom. The molecule has 5 fully saturated rings. The second-order valence-corrected chi connectivity index (χ2v) is 16.3. The van der Waals surface area contributed by atoms with E-state index in [9.17, 15) is 0 Å². The molecule has 0 amide bonds. The summed E-state index contributed by atoms with van der Waals surface area (Å²) >= 11 is 0. The van der Waals surface area contributed by atoms with E-state index >= 15 is 0 Å². The van der Waals surface area contributed by atoms with E-state index in [-0.39, 0.29) is 5.41 Å². The molecule has 246 valence electrons. The molecule has 5 aliphatic rings. The van der Waals surface area contributed by atoms with Crippen molar-refractivity contribution in [2.45, 2.75) is 87.9 Å². The van der Waals surface area contributed by atoms with Crippen LogP contribution in [0.15, 0.2) is 126 Å². The first-order chi connectivity index (χ1) is 24.2. The van der Waals surface area contributed by atoms with Crippen molar-refractivity contribution in [3.05, 3.63) is 138 Å². The van der Waals surface area contributed by atoms with Crippen LogP contribution >= 0.6 is 0 Å². The molecule has 49 heavy (non-hydrogen) atoms. The molecule has 1 aromatic heterocycles. The van der Waals surface area contributed by atoms with Crippen LogP contribution in [0.3, 0.4) is 0 Å². The Morgan fingerprint density at radius 3 is 1.65 bits per heavy atom. The Kier molecular flexibility index (Phi) is 7.04. The number of anilines is 3. The zero-order valence-electron chi connectivity index (χ0n) is 28.6. The fourth-order valence-electron chi connectivity index (χ4n) is 11.5. The summed E-state index contributed by atoms with van der Waals surface area (Å²) in [6, 6.07) is 45.9. The molecular weight excluding hydrogens is 595 g/mol. The smallest absolute Gasteiger partial charge is 0.137 e. The van der Waals surface area contributed by atoms with Crippen molar-refractivity contribution in [1.82, 2.24) is 0 Å². The molecule has 2 heteroatoms. The van der Waals surface area contributed by atoms with Crippen LogP contribution in [0.25, 0.3) is 21.9 Å². The maximum absolute atomic E-state index is 6.42. The number of furan rings is 1. The van der Waals surface area contributed by atoms with Crippen molar-refractivity contribution in [2.24, 2.45) is 17.8 Å². The first-order valence-corrected chi connectivity index (χ1v) is 19.1. The van der Waals surface area contributed by atoms with Gasteiger partial charge in [-0.3, -0.25) is 0 Å². The van der Waals surface area contributed by atoms with Gasteiger partial charge in [0.25, 0.3) is 0 Å². The lowest BCUT2D eigenvalue weighted by Gasteiger charge is -2.57. The van der Waals surface area contributed by atoms with Gasteiger partial charge in [0.2, 0.25) is 0 Å². The number of nitrogens with zero attached hydrogens (tertiary/aromatic N) is 1. The van der Waals surface area contributed by atoms with E-state index in [2.05, 4.69) is 126 Å². The molecule has 0 spiro atoms. The van der Waals surface area contributed by atoms with Gasteiger partial charge in [0.05, 0.1) is 0 Å². The molecule has 5 saturated carbocycles. The predicted molar refractivity (Wildman–Crippen MR) is 203 cm³/mol. The largest absolute Gasteiger partial charge is 0.456 e. The van der Waals surface area contributed by atoms with Gasteiger partial charge in [-0.25, -0.2) is 0 Å². The minimum Gasteiger partial charge on any atom is -0.456 e. The number of fused-ring (bicyclic) bond motifs is 3. The standard InChI is InChI=1S/C47H47NO/c1-2-9-25-47(24-8-1,37-10-4-3-5-11-37)38-16-20-40(21-17-38)48(41-22-23-43-42-12-6-7-13-44(42)49-45(43)29-41)39-18-14-36(15-19-39)46-30-33-26-34(31-46)28-35(27-33)32-46/h3-7,10-23,29,33-35H,1-2,8-9,24-28,30-32H2. The van der Waals surface area contributed by atoms with E-state index < -0.39 is 0 Å². The Hall–Kier alpha value is -4.30. The maximum Gasteiger partial charge on any atom is 0.137 e. The molecule has 4 bridgehead atoms. The molecule has 5 aliphatic carbocycles.